The minimum Gasteiger partial charge on any atom is -0.354 e. The van der Waals surface area contributed by atoms with E-state index in [9.17, 15) is 9.59 Å². The number of aromatic nitrogens is 2. The molecular weight excluding hydrogens is 314 g/mol. The standard InChI is InChI=1S/C15H23N5O2S/c1-2-3-8-16-13(22)11-6-4-9-19(11)14-17-18-15(23-14)20-10-5-7-12(20)21/h11H,2-10H2,1H3,(H,16,22)/t11-/m0/s1. The fourth-order valence-electron chi connectivity index (χ4n) is 3.06. The topological polar surface area (TPSA) is 78.4 Å². The van der Waals surface area contributed by atoms with E-state index >= 15 is 0 Å². The van der Waals surface area contributed by atoms with Gasteiger partial charge < -0.3 is 10.2 Å². The van der Waals surface area contributed by atoms with Crippen LogP contribution in [0.2, 0.25) is 0 Å². The third kappa shape index (κ3) is 3.46. The summed E-state index contributed by atoms with van der Waals surface area (Å²) in [6, 6.07) is -0.165. The van der Waals surface area contributed by atoms with Crippen LogP contribution in [-0.4, -0.2) is 47.7 Å². The fraction of sp³-hybridized carbons (Fsp3) is 0.733. The van der Waals surface area contributed by atoms with Crippen molar-refractivity contribution in [3.63, 3.8) is 0 Å². The first-order chi connectivity index (χ1) is 11.2. The molecule has 1 atom stereocenters. The Labute approximate surface area is 140 Å². The second-order valence-corrected chi connectivity index (χ2v) is 6.95. The molecule has 0 spiro atoms. The van der Waals surface area contributed by atoms with E-state index < -0.39 is 0 Å². The SMILES string of the molecule is CCCCNC(=O)[C@@H]1CCCN1c1nnc(N2CCCC2=O)s1. The Morgan fingerprint density at radius 3 is 2.87 bits per heavy atom. The molecule has 3 heterocycles. The summed E-state index contributed by atoms with van der Waals surface area (Å²) in [5, 5.41) is 12.8. The first-order valence-electron chi connectivity index (χ1n) is 8.39. The summed E-state index contributed by atoms with van der Waals surface area (Å²) in [5.74, 6) is 0.188. The highest BCUT2D eigenvalue weighted by molar-refractivity contribution is 7.19. The largest absolute Gasteiger partial charge is 0.354 e. The number of unbranched alkanes of at least 4 members (excludes halogenated alkanes) is 1. The van der Waals surface area contributed by atoms with Crippen LogP contribution in [0, 0.1) is 0 Å². The van der Waals surface area contributed by atoms with Crippen molar-refractivity contribution in [2.45, 2.75) is 51.5 Å². The Hall–Kier alpha value is -1.70. The number of amides is 2. The number of hydrogen-bond acceptors (Lipinski definition) is 6. The van der Waals surface area contributed by atoms with Crippen LogP contribution in [0.4, 0.5) is 10.3 Å². The van der Waals surface area contributed by atoms with Crippen molar-refractivity contribution in [2.24, 2.45) is 0 Å². The zero-order valence-electron chi connectivity index (χ0n) is 13.5. The van der Waals surface area contributed by atoms with Gasteiger partial charge in [0.15, 0.2) is 0 Å². The normalized spacial score (nSPS) is 21.3. The van der Waals surface area contributed by atoms with Gasteiger partial charge in [0.2, 0.25) is 22.1 Å². The molecule has 0 aromatic carbocycles. The predicted molar refractivity (Wildman–Crippen MR) is 89.8 cm³/mol. The van der Waals surface area contributed by atoms with E-state index in [1.807, 2.05) is 4.90 Å². The first-order valence-corrected chi connectivity index (χ1v) is 9.20. The molecule has 3 rings (SSSR count). The molecule has 2 fully saturated rings. The molecule has 0 unspecified atom stereocenters. The lowest BCUT2D eigenvalue weighted by atomic mass is 10.2. The number of carbonyl (C=O) groups is 2. The Kier molecular flexibility index (Phi) is 5.09. The molecule has 126 valence electrons. The van der Waals surface area contributed by atoms with Crippen LogP contribution >= 0.6 is 11.3 Å². The van der Waals surface area contributed by atoms with E-state index in [0.29, 0.717) is 18.1 Å². The molecule has 1 N–H and O–H groups in total. The van der Waals surface area contributed by atoms with Gasteiger partial charge in [-0.1, -0.05) is 24.7 Å². The van der Waals surface area contributed by atoms with Gasteiger partial charge >= 0.3 is 0 Å². The van der Waals surface area contributed by atoms with Gasteiger partial charge in [0, 0.05) is 26.1 Å². The molecule has 2 aliphatic rings. The lowest BCUT2D eigenvalue weighted by Gasteiger charge is -2.22. The predicted octanol–water partition coefficient (Wildman–Crippen LogP) is 1.55. The summed E-state index contributed by atoms with van der Waals surface area (Å²) in [5.41, 5.74) is 0. The Balaban J connectivity index is 1.67. The Bertz CT molecular complexity index is 576. The third-order valence-corrected chi connectivity index (χ3v) is 5.32. The molecule has 2 aliphatic heterocycles. The van der Waals surface area contributed by atoms with Gasteiger partial charge in [-0.3, -0.25) is 14.5 Å². The van der Waals surface area contributed by atoms with E-state index in [1.54, 1.807) is 4.90 Å². The minimum absolute atomic E-state index is 0.0740. The maximum Gasteiger partial charge on any atom is 0.242 e. The zero-order chi connectivity index (χ0) is 16.2. The minimum atomic E-state index is -0.165. The number of anilines is 2. The van der Waals surface area contributed by atoms with Crippen LogP contribution in [0.1, 0.15) is 45.4 Å². The zero-order valence-corrected chi connectivity index (χ0v) is 14.3. The molecule has 1 aromatic rings. The van der Waals surface area contributed by atoms with Crippen molar-refractivity contribution in [1.82, 2.24) is 15.5 Å². The van der Waals surface area contributed by atoms with Crippen molar-refractivity contribution < 1.29 is 9.59 Å². The molecule has 2 amide bonds. The molecule has 1 aromatic heterocycles. The maximum absolute atomic E-state index is 12.4. The van der Waals surface area contributed by atoms with Crippen LogP contribution in [0.3, 0.4) is 0 Å². The smallest absolute Gasteiger partial charge is 0.242 e. The summed E-state index contributed by atoms with van der Waals surface area (Å²) >= 11 is 1.41. The second kappa shape index (κ2) is 7.25. The van der Waals surface area contributed by atoms with Gasteiger partial charge in [-0.2, -0.15) is 0 Å². The van der Waals surface area contributed by atoms with E-state index in [-0.39, 0.29) is 17.9 Å². The third-order valence-electron chi connectivity index (χ3n) is 4.34. The van der Waals surface area contributed by atoms with Gasteiger partial charge in [0.05, 0.1) is 0 Å². The molecule has 0 aliphatic carbocycles. The average molecular weight is 337 g/mol. The first kappa shape index (κ1) is 16.2. The van der Waals surface area contributed by atoms with Gasteiger partial charge in [-0.05, 0) is 25.7 Å². The van der Waals surface area contributed by atoms with Crippen molar-refractivity contribution in [3.05, 3.63) is 0 Å². The van der Waals surface area contributed by atoms with Crippen LogP contribution in [0.25, 0.3) is 0 Å². The van der Waals surface area contributed by atoms with Crippen molar-refractivity contribution in [2.75, 3.05) is 29.4 Å². The summed E-state index contributed by atoms with van der Waals surface area (Å²) in [4.78, 5) is 27.9. The Morgan fingerprint density at radius 1 is 1.30 bits per heavy atom. The van der Waals surface area contributed by atoms with Crippen LogP contribution < -0.4 is 15.1 Å². The quantitative estimate of drug-likeness (QED) is 0.797. The number of carbonyl (C=O) groups excluding carboxylic acids is 2. The summed E-state index contributed by atoms with van der Waals surface area (Å²) in [6.45, 7) is 4.36. The summed E-state index contributed by atoms with van der Waals surface area (Å²) < 4.78 is 0. The highest BCUT2D eigenvalue weighted by Crippen LogP contribution is 2.33. The lowest BCUT2D eigenvalue weighted by molar-refractivity contribution is -0.122. The van der Waals surface area contributed by atoms with Gasteiger partial charge in [-0.25, -0.2) is 0 Å². The van der Waals surface area contributed by atoms with Gasteiger partial charge in [0.25, 0.3) is 0 Å². The van der Waals surface area contributed by atoms with E-state index in [4.69, 9.17) is 0 Å². The maximum atomic E-state index is 12.4. The molecule has 7 nitrogen and oxygen atoms in total. The lowest BCUT2D eigenvalue weighted by Crippen LogP contribution is -2.43. The highest BCUT2D eigenvalue weighted by atomic mass is 32.1. The molecule has 8 heteroatoms. The molecule has 0 saturated carbocycles. The van der Waals surface area contributed by atoms with E-state index in [1.165, 1.54) is 11.3 Å². The van der Waals surface area contributed by atoms with Crippen LogP contribution in [0.5, 0.6) is 0 Å². The van der Waals surface area contributed by atoms with Crippen molar-refractivity contribution in [1.29, 1.82) is 0 Å². The van der Waals surface area contributed by atoms with E-state index in [2.05, 4.69) is 22.4 Å². The van der Waals surface area contributed by atoms with Gasteiger partial charge in [-0.15, -0.1) is 10.2 Å². The summed E-state index contributed by atoms with van der Waals surface area (Å²) in [6.07, 6.45) is 5.34. The number of hydrogen-bond donors (Lipinski definition) is 1. The monoisotopic (exact) mass is 337 g/mol. The van der Waals surface area contributed by atoms with Gasteiger partial charge in [0.1, 0.15) is 6.04 Å². The summed E-state index contributed by atoms with van der Waals surface area (Å²) in [7, 11) is 0. The molecule has 0 radical (unpaired) electrons. The van der Waals surface area contributed by atoms with Crippen molar-refractivity contribution in [3.8, 4) is 0 Å². The molecular formula is C15H23N5O2S. The Morgan fingerprint density at radius 2 is 2.13 bits per heavy atom. The highest BCUT2D eigenvalue weighted by Gasteiger charge is 2.34. The van der Waals surface area contributed by atoms with Crippen molar-refractivity contribution >= 4 is 33.4 Å². The molecule has 23 heavy (non-hydrogen) atoms. The number of rotatable bonds is 6. The molecule has 0 bridgehead atoms. The number of nitrogens with one attached hydrogen (secondary N) is 1. The number of nitrogens with zero attached hydrogens (tertiary/aromatic N) is 4. The average Bonchev–Trinajstić information content (AvgIpc) is 3.26. The van der Waals surface area contributed by atoms with E-state index in [0.717, 1.165) is 50.3 Å². The second-order valence-electron chi connectivity index (χ2n) is 6.01. The fourth-order valence-corrected chi connectivity index (χ4v) is 4.02. The molecule has 2 saturated heterocycles. The van der Waals surface area contributed by atoms with Crippen LogP contribution in [0.15, 0.2) is 0 Å². The van der Waals surface area contributed by atoms with Crippen LogP contribution in [-0.2, 0) is 9.59 Å².